The smallest absolute Gasteiger partial charge is 0.251 e. The summed E-state index contributed by atoms with van der Waals surface area (Å²) in [5, 5.41) is 7.60. The minimum atomic E-state index is -0.0271. The number of fused-ring (bicyclic) bond motifs is 2. The van der Waals surface area contributed by atoms with Gasteiger partial charge < -0.3 is 10.1 Å². The lowest BCUT2D eigenvalue weighted by Crippen LogP contribution is -2.29. The number of rotatable bonds is 9. The first-order chi connectivity index (χ1) is 16.2. The zero-order chi connectivity index (χ0) is 23.2. The van der Waals surface area contributed by atoms with Crippen molar-refractivity contribution in [2.75, 3.05) is 13.7 Å². The molecule has 0 aromatic heterocycles. The van der Waals surface area contributed by atoms with E-state index < -0.39 is 0 Å². The zero-order valence-corrected chi connectivity index (χ0v) is 19.9. The molecule has 0 heterocycles. The minimum Gasteiger partial charge on any atom is -0.496 e. The monoisotopic (exact) mass is 439 g/mol. The molecule has 0 aliphatic carbocycles. The third-order valence-corrected chi connectivity index (χ3v) is 6.63. The van der Waals surface area contributed by atoms with Gasteiger partial charge in [-0.25, -0.2) is 0 Å². The largest absolute Gasteiger partial charge is 0.496 e. The fourth-order valence-corrected chi connectivity index (χ4v) is 4.69. The van der Waals surface area contributed by atoms with Crippen LogP contribution in [0.1, 0.15) is 49.9 Å². The molecule has 0 radical (unpaired) electrons. The average molecular weight is 440 g/mol. The number of hydrogen-bond acceptors (Lipinski definition) is 2. The van der Waals surface area contributed by atoms with Crippen molar-refractivity contribution in [1.82, 2.24) is 5.32 Å². The van der Waals surface area contributed by atoms with Crippen LogP contribution in [0.4, 0.5) is 0 Å². The van der Waals surface area contributed by atoms with Gasteiger partial charge in [0.1, 0.15) is 5.75 Å². The fraction of sp³-hybridized carbons (Fsp3) is 0.300. The zero-order valence-electron chi connectivity index (χ0n) is 19.9. The van der Waals surface area contributed by atoms with Gasteiger partial charge in [0.25, 0.3) is 5.91 Å². The maximum absolute atomic E-state index is 13.6. The fourth-order valence-electron chi connectivity index (χ4n) is 4.69. The Morgan fingerprint density at radius 1 is 0.848 bits per heavy atom. The van der Waals surface area contributed by atoms with Gasteiger partial charge in [-0.2, -0.15) is 0 Å². The van der Waals surface area contributed by atoms with Crippen LogP contribution in [-0.2, 0) is 0 Å². The van der Waals surface area contributed by atoms with Crippen LogP contribution in [0.2, 0.25) is 0 Å². The Labute approximate surface area is 196 Å². The number of nitrogens with one attached hydrogen (secondary N) is 1. The lowest BCUT2D eigenvalue weighted by molar-refractivity contribution is 0.0946. The van der Waals surface area contributed by atoms with E-state index in [2.05, 4.69) is 49.5 Å². The summed E-state index contributed by atoms with van der Waals surface area (Å²) in [7, 11) is 1.69. The Balaban J connectivity index is 1.86. The SMILES string of the molecule is CCCC[C@@H](CC)CNC(=O)c1ccc2ccccc2c1-c1c(OC)ccc2ccccc12. The lowest BCUT2D eigenvalue weighted by atomic mass is 9.89. The van der Waals surface area contributed by atoms with Gasteiger partial charge in [-0.3, -0.25) is 4.79 Å². The van der Waals surface area contributed by atoms with Crippen molar-refractivity contribution in [2.45, 2.75) is 39.5 Å². The molecule has 0 unspecified atom stereocenters. The molecule has 33 heavy (non-hydrogen) atoms. The molecule has 0 bridgehead atoms. The van der Waals surface area contributed by atoms with E-state index in [9.17, 15) is 4.79 Å². The van der Waals surface area contributed by atoms with Crippen molar-refractivity contribution >= 4 is 27.5 Å². The predicted octanol–water partition coefficient (Wildman–Crippen LogP) is 7.61. The standard InChI is InChI=1S/C30H33NO2/c1-4-6-11-21(5-2)20-31-30(32)26-18-16-22-12-7-9-14-24(22)28(26)29-25-15-10-8-13-23(25)17-19-27(29)33-3/h7-10,12-19,21H,4-6,11,20H2,1-3H3,(H,31,32)/t21-/m1/s1. The molecule has 4 aromatic carbocycles. The van der Waals surface area contributed by atoms with Gasteiger partial charge >= 0.3 is 0 Å². The van der Waals surface area contributed by atoms with Crippen molar-refractivity contribution in [3.63, 3.8) is 0 Å². The first-order valence-electron chi connectivity index (χ1n) is 12.0. The van der Waals surface area contributed by atoms with Crippen LogP contribution in [0, 0.1) is 5.92 Å². The van der Waals surface area contributed by atoms with Gasteiger partial charge in [0.05, 0.1) is 7.11 Å². The van der Waals surface area contributed by atoms with Crippen LogP contribution >= 0.6 is 0 Å². The number of ether oxygens (including phenoxy) is 1. The van der Waals surface area contributed by atoms with Gasteiger partial charge in [0.15, 0.2) is 0 Å². The van der Waals surface area contributed by atoms with Gasteiger partial charge in [-0.1, -0.05) is 93.8 Å². The van der Waals surface area contributed by atoms with E-state index in [-0.39, 0.29) is 5.91 Å². The van der Waals surface area contributed by atoms with E-state index in [0.717, 1.165) is 51.3 Å². The molecule has 0 aliphatic rings. The molecule has 0 spiro atoms. The normalized spacial score (nSPS) is 12.1. The van der Waals surface area contributed by atoms with Crippen LogP contribution in [0.15, 0.2) is 72.8 Å². The van der Waals surface area contributed by atoms with Gasteiger partial charge in [0, 0.05) is 23.2 Å². The molecule has 3 nitrogen and oxygen atoms in total. The second-order valence-electron chi connectivity index (χ2n) is 8.70. The highest BCUT2D eigenvalue weighted by Gasteiger charge is 2.21. The summed E-state index contributed by atoms with van der Waals surface area (Å²) in [5.41, 5.74) is 2.59. The number of amides is 1. The summed E-state index contributed by atoms with van der Waals surface area (Å²) in [6, 6.07) is 24.6. The second kappa shape index (κ2) is 10.5. The van der Waals surface area contributed by atoms with Crippen molar-refractivity contribution < 1.29 is 9.53 Å². The third-order valence-electron chi connectivity index (χ3n) is 6.63. The molecule has 170 valence electrons. The molecule has 4 aromatic rings. The first kappa shape index (κ1) is 22.8. The Hall–Kier alpha value is -3.33. The van der Waals surface area contributed by atoms with E-state index >= 15 is 0 Å². The minimum absolute atomic E-state index is 0.0271. The summed E-state index contributed by atoms with van der Waals surface area (Å²) in [5.74, 6) is 1.25. The van der Waals surface area contributed by atoms with Crippen LogP contribution in [0.5, 0.6) is 5.75 Å². The Morgan fingerprint density at radius 2 is 1.48 bits per heavy atom. The summed E-state index contributed by atoms with van der Waals surface area (Å²) in [4.78, 5) is 13.6. The summed E-state index contributed by atoms with van der Waals surface area (Å²) in [6.07, 6.45) is 4.60. The van der Waals surface area contributed by atoms with E-state index in [4.69, 9.17) is 4.74 Å². The van der Waals surface area contributed by atoms with E-state index in [1.165, 1.54) is 12.8 Å². The number of hydrogen-bond donors (Lipinski definition) is 1. The summed E-state index contributed by atoms with van der Waals surface area (Å²) in [6.45, 7) is 5.12. The van der Waals surface area contributed by atoms with Crippen molar-refractivity contribution in [1.29, 1.82) is 0 Å². The molecule has 0 fully saturated rings. The molecule has 0 saturated heterocycles. The second-order valence-corrected chi connectivity index (χ2v) is 8.70. The molecular weight excluding hydrogens is 406 g/mol. The maximum Gasteiger partial charge on any atom is 0.251 e. The predicted molar refractivity (Wildman–Crippen MR) is 139 cm³/mol. The Kier molecular flexibility index (Phi) is 7.29. The number of methoxy groups -OCH3 is 1. The molecule has 1 atom stereocenters. The molecule has 3 heteroatoms. The topological polar surface area (TPSA) is 38.3 Å². The number of unbranched alkanes of at least 4 members (excludes halogenated alkanes) is 1. The molecule has 0 saturated carbocycles. The molecule has 1 amide bonds. The molecule has 4 rings (SSSR count). The van der Waals surface area contributed by atoms with Crippen molar-refractivity contribution in [2.24, 2.45) is 5.92 Å². The third kappa shape index (κ3) is 4.73. The number of benzene rings is 4. The van der Waals surface area contributed by atoms with Gasteiger partial charge in [-0.05, 0) is 46.0 Å². The Bertz CT molecular complexity index is 1260. The Morgan fingerprint density at radius 3 is 2.12 bits per heavy atom. The summed E-state index contributed by atoms with van der Waals surface area (Å²) >= 11 is 0. The average Bonchev–Trinajstić information content (AvgIpc) is 2.87. The van der Waals surface area contributed by atoms with Crippen molar-refractivity contribution in [3.8, 4) is 16.9 Å². The lowest BCUT2D eigenvalue weighted by Gasteiger charge is -2.20. The van der Waals surface area contributed by atoms with Gasteiger partial charge in [0.2, 0.25) is 0 Å². The maximum atomic E-state index is 13.6. The van der Waals surface area contributed by atoms with Gasteiger partial charge in [-0.15, -0.1) is 0 Å². The quantitative estimate of drug-likeness (QED) is 0.291. The van der Waals surface area contributed by atoms with Crippen LogP contribution < -0.4 is 10.1 Å². The number of carbonyl (C=O) groups excluding carboxylic acids is 1. The highest BCUT2D eigenvalue weighted by molar-refractivity contribution is 6.15. The van der Waals surface area contributed by atoms with E-state index in [1.54, 1.807) is 7.11 Å². The van der Waals surface area contributed by atoms with Crippen LogP contribution in [-0.4, -0.2) is 19.6 Å². The van der Waals surface area contributed by atoms with Crippen molar-refractivity contribution in [3.05, 3.63) is 78.4 Å². The highest BCUT2D eigenvalue weighted by Crippen LogP contribution is 2.42. The molecule has 0 aliphatic heterocycles. The highest BCUT2D eigenvalue weighted by atomic mass is 16.5. The first-order valence-corrected chi connectivity index (χ1v) is 12.0. The van der Waals surface area contributed by atoms with Crippen LogP contribution in [0.25, 0.3) is 32.7 Å². The van der Waals surface area contributed by atoms with Crippen LogP contribution in [0.3, 0.4) is 0 Å². The summed E-state index contributed by atoms with van der Waals surface area (Å²) < 4.78 is 5.82. The molecular formula is C30H33NO2. The van der Waals surface area contributed by atoms with E-state index in [0.29, 0.717) is 18.0 Å². The van der Waals surface area contributed by atoms with E-state index in [1.807, 2.05) is 42.5 Å². The molecule has 1 N–H and O–H groups in total. The number of carbonyl (C=O) groups is 1.